The van der Waals surface area contributed by atoms with Gasteiger partial charge in [-0.15, -0.1) is 0 Å². The van der Waals surface area contributed by atoms with Crippen LogP contribution in [0.4, 0.5) is 0 Å². The standard InChI is InChI=1S/C14H16N2O2/c1-13-7-8-14(11(17)15-13,12(18)16-13)9-10-5-3-2-4-6-10/h2-6H,7-9H2,1H3,(H,15,17)(H,16,18). The van der Waals surface area contributed by atoms with Crippen molar-refractivity contribution in [2.45, 2.75) is 31.8 Å². The Bertz CT molecular complexity index is 492. The van der Waals surface area contributed by atoms with Crippen LogP contribution in [0.3, 0.4) is 0 Å². The Labute approximate surface area is 106 Å². The molecule has 18 heavy (non-hydrogen) atoms. The number of hydrogen-bond donors (Lipinski definition) is 2. The Morgan fingerprint density at radius 2 is 1.67 bits per heavy atom. The van der Waals surface area contributed by atoms with Crippen molar-refractivity contribution in [3.05, 3.63) is 35.9 Å². The first-order chi connectivity index (χ1) is 8.54. The molecular weight excluding hydrogens is 228 g/mol. The number of carbonyl (C=O) groups excluding carboxylic acids is 2. The molecule has 3 heterocycles. The topological polar surface area (TPSA) is 58.2 Å². The smallest absolute Gasteiger partial charge is 0.237 e. The first-order valence-corrected chi connectivity index (χ1v) is 6.23. The summed E-state index contributed by atoms with van der Waals surface area (Å²) in [7, 11) is 0. The number of amides is 2. The minimum absolute atomic E-state index is 0.135. The largest absolute Gasteiger partial charge is 0.333 e. The van der Waals surface area contributed by atoms with Crippen LogP contribution in [0.15, 0.2) is 30.3 Å². The highest BCUT2D eigenvalue weighted by molar-refractivity contribution is 6.08. The highest BCUT2D eigenvalue weighted by Crippen LogP contribution is 2.40. The van der Waals surface area contributed by atoms with Crippen molar-refractivity contribution in [1.29, 1.82) is 0 Å². The van der Waals surface area contributed by atoms with E-state index < -0.39 is 11.1 Å². The molecule has 4 nitrogen and oxygen atoms in total. The van der Waals surface area contributed by atoms with Gasteiger partial charge < -0.3 is 10.6 Å². The summed E-state index contributed by atoms with van der Waals surface area (Å²) in [6.07, 6.45) is 1.88. The number of rotatable bonds is 2. The Balaban J connectivity index is 1.94. The van der Waals surface area contributed by atoms with Gasteiger partial charge in [-0.1, -0.05) is 30.3 Å². The molecule has 0 aliphatic carbocycles. The number of nitrogens with one attached hydrogen (secondary N) is 2. The number of carbonyl (C=O) groups is 2. The van der Waals surface area contributed by atoms with E-state index in [9.17, 15) is 9.59 Å². The Morgan fingerprint density at radius 1 is 1.06 bits per heavy atom. The van der Waals surface area contributed by atoms with E-state index in [0.717, 1.165) is 12.0 Å². The molecule has 0 saturated carbocycles. The van der Waals surface area contributed by atoms with Crippen LogP contribution in [0.25, 0.3) is 0 Å². The summed E-state index contributed by atoms with van der Waals surface area (Å²) in [6, 6.07) is 9.70. The van der Waals surface area contributed by atoms with E-state index in [0.29, 0.717) is 12.8 Å². The third-order valence-corrected chi connectivity index (χ3v) is 4.05. The van der Waals surface area contributed by atoms with Gasteiger partial charge in [0.2, 0.25) is 11.8 Å². The molecule has 0 unspecified atom stereocenters. The van der Waals surface area contributed by atoms with Gasteiger partial charge in [-0.3, -0.25) is 9.59 Å². The van der Waals surface area contributed by atoms with Crippen LogP contribution < -0.4 is 10.6 Å². The number of hydrogen-bond acceptors (Lipinski definition) is 2. The molecule has 4 heteroatoms. The predicted molar refractivity (Wildman–Crippen MR) is 66.5 cm³/mol. The predicted octanol–water partition coefficient (Wildman–Crippen LogP) is 0.971. The second kappa shape index (κ2) is 3.57. The zero-order chi connectivity index (χ0) is 12.8. The van der Waals surface area contributed by atoms with E-state index in [2.05, 4.69) is 10.6 Å². The number of fused-ring (bicyclic) bond motifs is 3. The van der Waals surface area contributed by atoms with E-state index >= 15 is 0 Å². The molecule has 3 fully saturated rings. The Morgan fingerprint density at radius 3 is 2.22 bits per heavy atom. The van der Waals surface area contributed by atoms with Crippen molar-refractivity contribution >= 4 is 11.8 Å². The van der Waals surface area contributed by atoms with Crippen molar-refractivity contribution < 1.29 is 9.59 Å². The second-order valence-corrected chi connectivity index (χ2v) is 5.48. The lowest BCUT2D eigenvalue weighted by atomic mass is 9.68. The number of piperidine rings is 2. The van der Waals surface area contributed by atoms with Crippen LogP contribution in [0.2, 0.25) is 0 Å². The fourth-order valence-electron chi connectivity index (χ4n) is 2.88. The summed E-state index contributed by atoms with van der Waals surface area (Å²) >= 11 is 0. The molecule has 3 saturated heterocycles. The van der Waals surface area contributed by atoms with Gasteiger partial charge in [0.25, 0.3) is 0 Å². The first-order valence-electron chi connectivity index (χ1n) is 6.23. The summed E-state index contributed by atoms with van der Waals surface area (Å²) in [4.78, 5) is 24.5. The van der Waals surface area contributed by atoms with Crippen LogP contribution in [-0.4, -0.2) is 17.5 Å². The van der Waals surface area contributed by atoms with Crippen molar-refractivity contribution in [3.63, 3.8) is 0 Å². The number of benzene rings is 1. The Kier molecular flexibility index (Phi) is 2.24. The lowest BCUT2D eigenvalue weighted by Crippen LogP contribution is -2.75. The van der Waals surface area contributed by atoms with E-state index in [-0.39, 0.29) is 11.8 Å². The fourth-order valence-corrected chi connectivity index (χ4v) is 2.88. The molecule has 4 rings (SSSR count). The first kappa shape index (κ1) is 11.3. The molecule has 3 aliphatic rings. The molecule has 0 atom stereocenters. The van der Waals surface area contributed by atoms with Gasteiger partial charge in [0, 0.05) is 0 Å². The maximum absolute atomic E-state index is 12.2. The van der Waals surface area contributed by atoms with Crippen LogP contribution in [-0.2, 0) is 16.0 Å². The monoisotopic (exact) mass is 244 g/mol. The minimum atomic E-state index is -0.918. The molecule has 0 spiro atoms. The summed E-state index contributed by atoms with van der Waals surface area (Å²) in [5.41, 5.74) is -0.445. The van der Waals surface area contributed by atoms with Gasteiger partial charge in [-0.25, -0.2) is 0 Å². The molecule has 2 N–H and O–H groups in total. The Hall–Kier alpha value is -1.84. The van der Waals surface area contributed by atoms with Gasteiger partial charge in [0.05, 0.1) is 0 Å². The van der Waals surface area contributed by atoms with Crippen LogP contribution in [0, 0.1) is 5.41 Å². The van der Waals surface area contributed by atoms with Crippen molar-refractivity contribution in [2.75, 3.05) is 0 Å². The maximum Gasteiger partial charge on any atom is 0.237 e. The molecule has 1 aromatic rings. The normalized spacial score (nSPS) is 34.1. The molecule has 94 valence electrons. The lowest BCUT2D eigenvalue weighted by molar-refractivity contribution is -0.159. The van der Waals surface area contributed by atoms with E-state index in [1.807, 2.05) is 37.3 Å². The summed E-state index contributed by atoms with van der Waals surface area (Å²) < 4.78 is 0. The zero-order valence-corrected chi connectivity index (χ0v) is 10.3. The minimum Gasteiger partial charge on any atom is -0.333 e. The van der Waals surface area contributed by atoms with Crippen molar-refractivity contribution in [2.24, 2.45) is 5.41 Å². The van der Waals surface area contributed by atoms with Gasteiger partial charge in [0.1, 0.15) is 11.1 Å². The fraction of sp³-hybridized carbons (Fsp3) is 0.429. The van der Waals surface area contributed by atoms with Crippen LogP contribution >= 0.6 is 0 Å². The molecular formula is C14H16N2O2. The third-order valence-electron chi connectivity index (χ3n) is 4.05. The van der Waals surface area contributed by atoms with E-state index in [4.69, 9.17) is 0 Å². The molecule has 0 radical (unpaired) electrons. The maximum atomic E-state index is 12.2. The lowest BCUT2D eigenvalue weighted by Gasteiger charge is -2.50. The van der Waals surface area contributed by atoms with Crippen LogP contribution in [0.5, 0.6) is 0 Å². The molecule has 2 amide bonds. The quantitative estimate of drug-likeness (QED) is 0.762. The van der Waals surface area contributed by atoms with Crippen molar-refractivity contribution in [3.8, 4) is 0 Å². The summed E-state index contributed by atoms with van der Waals surface area (Å²) in [5.74, 6) is -0.271. The molecule has 3 aliphatic heterocycles. The zero-order valence-electron chi connectivity index (χ0n) is 10.3. The van der Waals surface area contributed by atoms with Gasteiger partial charge in [0.15, 0.2) is 0 Å². The van der Waals surface area contributed by atoms with Crippen molar-refractivity contribution in [1.82, 2.24) is 10.6 Å². The van der Waals surface area contributed by atoms with E-state index in [1.54, 1.807) is 0 Å². The van der Waals surface area contributed by atoms with Gasteiger partial charge >= 0.3 is 0 Å². The van der Waals surface area contributed by atoms with E-state index in [1.165, 1.54) is 0 Å². The van der Waals surface area contributed by atoms with Gasteiger partial charge in [-0.05, 0) is 31.7 Å². The highest BCUT2D eigenvalue weighted by atomic mass is 16.2. The second-order valence-electron chi connectivity index (χ2n) is 5.48. The average Bonchev–Trinajstić information content (AvgIpc) is 2.33. The van der Waals surface area contributed by atoms with Gasteiger partial charge in [-0.2, -0.15) is 0 Å². The van der Waals surface area contributed by atoms with Crippen LogP contribution in [0.1, 0.15) is 25.3 Å². The molecule has 0 aromatic heterocycles. The third kappa shape index (κ3) is 1.52. The SMILES string of the molecule is CC12CCC(Cc3ccccc3)(C(=O)N1)C(=O)N2. The highest BCUT2D eigenvalue weighted by Gasteiger charge is 2.57. The molecule has 2 bridgehead atoms. The average molecular weight is 244 g/mol. The summed E-state index contributed by atoms with van der Waals surface area (Å²) in [5, 5.41) is 5.83. The molecule has 1 aromatic carbocycles. The summed E-state index contributed by atoms with van der Waals surface area (Å²) in [6.45, 7) is 1.86.